The summed E-state index contributed by atoms with van der Waals surface area (Å²) in [6.07, 6.45) is 1.75. The van der Waals surface area contributed by atoms with Gasteiger partial charge in [-0.05, 0) is 60.7 Å². The minimum atomic E-state index is -0.222. The number of carbonyl (C=O) groups excluding carboxylic acids is 1. The molecule has 0 fully saturated rings. The van der Waals surface area contributed by atoms with Crippen molar-refractivity contribution in [3.8, 4) is 22.7 Å². The van der Waals surface area contributed by atoms with E-state index in [1.807, 2.05) is 78.9 Å². The minimum Gasteiger partial charge on any atom is -0.497 e. The third kappa shape index (κ3) is 4.22. The number of amides is 1. The first-order valence-electron chi connectivity index (χ1n) is 9.00. The molecule has 5 nitrogen and oxygen atoms in total. The van der Waals surface area contributed by atoms with E-state index in [0.29, 0.717) is 16.9 Å². The fourth-order valence-corrected chi connectivity index (χ4v) is 3.21. The van der Waals surface area contributed by atoms with Gasteiger partial charge in [0.2, 0.25) is 0 Å². The quantitative estimate of drug-likeness (QED) is 0.435. The monoisotopic (exact) mass is 447 g/mol. The Kier molecular flexibility index (Phi) is 5.44. The van der Waals surface area contributed by atoms with Crippen LogP contribution in [0.4, 0.5) is 5.69 Å². The van der Waals surface area contributed by atoms with E-state index in [-0.39, 0.29) is 5.91 Å². The first-order valence-corrected chi connectivity index (χ1v) is 9.80. The molecule has 3 aromatic carbocycles. The largest absolute Gasteiger partial charge is 0.497 e. The fraction of sp³-hybridized carbons (Fsp3) is 0.0435. The minimum absolute atomic E-state index is 0.222. The number of nitrogens with zero attached hydrogens (tertiary/aromatic N) is 2. The van der Waals surface area contributed by atoms with Crippen molar-refractivity contribution in [2.75, 3.05) is 12.4 Å². The summed E-state index contributed by atoms with van der Waals surface area (Å²) in [5, 5.41) is 7.64. The molecular weight excluding hydrogens is 430 g/mol. The Labute approximate surface area is 177 Å². The van der Waals surface area contributed by atoms with Gasteiger partial charge in [0.05, 0.1) is 18.4 Å². The number of benzene rings is 3. The molecule has 0 saturated carbocycles. The second-order valence-corrected chi connectivity index (χ2v) is 7.28. The van der Waals surface area contributed by atoms with Crippen molar-refractivity contribution in [1.82, 2.24) is 9.78 Å². The highest BCUT2D eigenvalue weighted by Gasteiger charge is 2.19. The molecule has 1 amide bonds. The lowest BCUT2D eigenvalue weighted by Gasteiger charge is -2.06. The number of hydrogen-bond acceptors (Lipinski definition) is 3. The highest BCUT2D eigenvalue weighted by atomic mass is 79.9. The predicted octanol–water partition coefficient (Wildman–Crippen LogP) is 5.56. The lowest BCUT2D eigenvalue weighted by atomic mass is 10.1. The summed E-state index contributed by atoms with van der Waals surface area (Å²) in [6.45, 7) is 0. The number of nitrogens with one attached hydrogen (secondary N) is 1. The van der Waals surface area contributed by atoms with E-state index in [2.05, 4.69) is 21.2 Å². The molecule has 1 aromatic heterocycles. The summed E-state index contributed by atoms with van der Waals surface area (Å²) in [7, 11) is 1.62. The first-order chi connectivity index (χ1) is 14.1. The van der Waals surface area contributed by atoms with Crippen molar-refractivity contribution in [3.63, 3.8) is 0 Å². The van der Waals surface area contributed by atoms with Crippen molar-refractivity contribution in [2.24, 2.45) is 0 Å². The van der Waals surface area contributed by atoms with Crippen LogP contribution >= 0.6 is 15.9 Å². The maximum atomic E-state index is 13.1. The fourth-order valence-electron chi connectivity index (χ4n) is 2.95. The topological polar surface area (TPSA) is 56.2 Å². The van der Waals surface area contributed by atoms with E-state index in [4.69, 9.17) is 9.84 Å². The third-order valence-corrected chi connectivity index (χ3v) is 4.97. The number of ether oxygens (including phenoxy) is 1. The van der Waals surface area contributed by atoms with E-state index in [0.717, 1.165) is 21.5 Å². The standard InChI is InChI=1S/C23H18BrN3O2/c1-29-20-13-7-16(8-14-20)22-21(15-27(26-22)19-5-3-2-4-6-19)23(28)25-18-11-9-17(24)10-12-18/h2-15H,1H3,(H,25,28). The van der Waals surface area contributed by atoms with E-state index in [1.54, 1.807) is 18.0 Å². The molecule has 29 heavy (non-hydrogen) atoms. The van der Waals surface area contributed by atoms with Crippen LogP contribution in [0, 0.1) is 0 Å². The number of aromatic nitrogens is 2. The number of rotatable bonds is 5. The summed E-state index contributed by atoms with van der Waals surface area (Å²) in [6, 6.07) is 24.7. The van der Waals surface area contributed by atoms with Crippen molar-refractivity contribution in [2.45, 2.75) is 0 Å². The number of methoxy groups -OCH3 is 1. The van der Waals surface area contributed by atoms with Gasteiger partial charge in [0.1, 0.15) is 11.4 Å². The molecule has 1 N–H and O–H groups in total. The second kappa shape index (κ2) is 8.32. The molecule has 0 spiro atoms. The predicted molar refractivity (Wildman–Crippen MR) is 118 cm³/mol. The lowest BCUT2D eigenvalue weighted by molar-refractivity contribution is 0.102. The molecule has 0 aliphatic heterocycles. The first kappa shape index (κ1) is 19.0. The zero-order chi connectivity index (χ0) is 20.2. The van der Waals surface area contributed by atoms with Crippen LogP contribution in [-0.2, 0) is 0 Å². The van der Waals surface area contributed by atoms with E-state index in [9.17, 15) is 4.79 Å². The van der Waals surface area contributed by atoms with Gasteiger partial charge in [0.25, 0.3) is 5.91 Å². The van der Waals surface area contributed by atoms with Gasteiger partial charge in [0, 0.05) is 21.9 Å². The Hall–Kier alpha value is -3.38. The van der Waals surface area contributed by atoms with Gasteiger partial charge in [0.15, 0.2) is 0 Å². The molecule has 0 saturated heterocycles. The molecule has 144 valence electrons. The molecule has 0 aliphatic rings. The van der Waals surface area contributed by atoms with E-state index in [1.165, 1.54) is 0 Å². The number of carbonyl (C=O) groups is 1. The maximum Gasteiger partial charge on any atom is 0.259 e. The van der Waals surface area contributed by atoms with Crippen molar-refractivity contribution in [1.29, 1.82) is 0 Å². The van der Waals surface area contributed by atoms with Crippen molar-refractivity contribution < 1.29 is 9.53 Å². The molecule has 0 bridgehead atoms. The molecule has 6 heteroatoms. The second-order valence-electron chi connectivity index (χ2n) is 6.36. The molecule has 0 atom stereocenters. The van der Waals surface area contributed by atoms with Crippen LogP contribution in [0.25, 0.3) is 16.9 Å². The molecule has 4 aromatic rings. The van der Waals surface area contributed by atoms with Gasteiger partial charge in [-0.2, -0.15) is 5.10 Å². The van der Waals surface area contributed by atoms with Crippen LogP contribution in [0.2, 0.25) is 0 Å². The summed E-state index contributed by atoms with van der Waals surface area (Å²) < 4.78 is 7.91. The van der Waals surface area contributed by atoms with Crippen LogP contribution in [0.1, 0.15) is 10.4 Å². The van der Waals surface area contributed by atoms with Crippen LogP contribution in [0.5, 0.6) is 5.75 Å². The molecule has 0 unspecified atom stereocenters. The molecule has 0 aliphatic carbocycles. The molecule has 0 radical (unpaired) electrons. The van der Waals surface area contributed by atoms with Crippen LogP contribution in [0.3, 0.4) is 0 Å². The molecule has 1 heterocycles. The summed E-state index contributed by atoms with van der Waals surface area (Å²) >= 11 is 3.40. The summed E-state index contributed by atoms with van der Waals surface area (Å²) in [4.78, 5) is 13.1. The van der Waals surface area contributed by atoms with E-state index >= 15 is 0 Å². The summed E-state index contributed by atoms with van der Waals surface area (Å²) in [5.74, 6) is 0.525. The molecular formula is C23H18BrN3O2. The van der Waals surface area contributed by atoms with E-state index < -0.39 is 0 Å². The Morgan fingerprint density at radius 3 is 2.31 bits per heavy atom. The Balaban J connectivity index is 1.74. The lowest BCUT2D eigenvalue weighted by Crippen LogP contribution is -2.12. The van der Waals surface area contributed by atoms with Crippen molar-refractivity contribution >= 4 is 27.5 Å². The van der Waals surface area contributed by atoms with Crippen LogP contribution < -0.4 is 10.1 Å². The highest BCUT2D eigenvalue weighted by molar-refractivity contribution is 9.10. The molecule has 4 rings (SSSR count). The Morgan fingerprint density at radius 1 is 0.966 bits per heavy atom. The SMILES string of the molecule is COc1ccc(-c2nn(-c3ccccc3)cc2C(=O)Nc2ccc(Br)cc2)cc1. The van der Waals surface area contributed by atoms with Gasteiger partial charge in [-0.3, -0.25) is 4.79 Å². The van der Waals surface area contributed by atoms with Gasteiger partial charge in [-0.25, -0.2) is 4.68 Å². The Bertz CT molecular complexity index is 1120. The average molecular weight is 448 g/mol. The van der Waals surface area contributed by atoms with Gasteiger partial charge < -0.3 is 10.1 Å². The van der Waals surface area contributed by atoms with Crippen LogP contribution in [-0.4, -0.2) is 22.8 Å². The van der Waals surface area contributed by atoms with Gasteiger partial charge in [-0.15, -0.1) is 0 Å². The zero-order valence-corrected chi connectivity index (χ0v) is 17.3. The zero-order valence-electron chi connectivity index (χ0n) is 15.7. The normalized spacial score (nSPS) is 10.6. The number of halogens is 1. The maximum absolute atomic E-state index is 13.1. The summed E-state index contributed by atoms with van der Waals surface area (Å²) in [5.41, 5.74) is 3.52. The third-order valence-electron chi connectivity index (χ3n) is 4.45. The number of hydrogen-bond donors (Lipinski definition) is 1. The van der Waals surface area contributed by atoms with Crippen LogP contribution in [0.15, 0.2) is 89.5 Å². The Morgan fingerprint density at radius 2 is 1.66 bits per heavy atom. The van der Waals surface area contributed by atoms with Crippen molar-refractivity contribution in [3.05, 3.63) is 95.1 Å². The smallest absolute Gasteiger partial charge is 0.259 e. The van der Waals surface area contributed by atoms with Gasteiger partial charge in [-0.1, -0.05) is 34.1 Å². The number of para-hydroxylation sites is 1. The highest BCUT2D eigenvalue weighted by Crippen LogP contribution is 2.27. The number of anilines is 1. The van der Waals surface area contributed by atoms with Gasteiger partial charge >= 0.3 is 0 Å². The average Bonchev–Trinajstić information content (AvgIpc) is 3.22.